The average molecular weight is 359 g/mol. The standard InChI is InChI=1S/C23H21NO3/c1-16-12-22(25-2)23(26-3)13-20(16)15-27-21-10-8-19(9-11-21)18-6-4-17(14-24)5-7-18/h4-13H,15H2,1-3H3. The van der Waals surface area contributed by atoms with Crippen molar-refractivity contribution in [3.8, 4) is 34.4 Å². The molecule has 0 saturated heterocycles. The van der Waals surface area contributed by atoms with Gasteiger partial charge in [0, 0.05) is 0 Å². The SMILES string of the molecule is COc1cc(C)c(COc2ccc(-c3ccc(C#N)cc3)cc2)cc1OC. The molecule has 0 heterocycles. The second kappa shape index (κ2) is 8.29. The van der Waals surface area contributed by atoms with Gasteiger partial charge < -0.3 is 14.2 Å². The molecule has 0 aliphatic rings. The lowest BCUT2D eigenvalue weighted by Gasteiger charge is -2.14. The molecule has 0 aliphatic heterocycles. The Hall–Kier alpha value is -3.45. The fraction of sp³-hybridized carbons (Fsp3) is 0.174. The van der Waals surface area contributed by atoms with Crippen molar-refractivity contribution >= 4 is 0 Å². The minimum Gasteiger partial charge on any atom is -0.493 e. The zero-order valence-electron chi connectivity index (χ0n) is 15.7. The van der Waals surface area contributed by atoms with Gasteiger partial charge in [0.1, 0.15) is 12.4 Å². The van der Waals surface area contributed by atoms with E-state index in [9.17, 15) is 0 Å². The van der Waals surface area contributed by atoms with Gasteiger partial charge in [0.2, 0.25) is 0 Å². The summed E-state index contributed by atoms with van der Waals surface area (Å²) in [5, 5.41) is 8.89. The van der Waals surface area contributed by atoms with Gasteiger partial charge in [0.15, 0.2) is 11.5 Å². The van der Waals surface area contributed by atoms with E-state index in [0.717, 1.165) is 28.0 Å². The molecule has 0 bridgehead atoms. The fourth-order valence-corrected chi connectivity index (χ4v) is 2.82. The number of nitrogens with zero attached hydrogens (tertiary/aromatic N) is 1. The molecule has 4 nitrogen and oxygen atoms in total. The van der Waals surface area contributed by atoms with Crippen molar-refractivity contribution in [3.63, 3.8) is 0 Å². The van der Waals surface area contributed by atoms with E-state index in [2.05, 4.69) is 6.07 Å². The van der Waals surface area contributed by atoms with Crippen molar-refractivity contribution in [1.82, 2.24) is 0 Å². The molecule has 4 heteroatoms. The van der Waals surface area contributed by atoms with Crippen LogP contribution in [0.4, 0.5) is 0 Å². The Morgan fingerprint density at radius 1 is 0.815 bits per heavy atom. The second-order valence-corrected chi connectivity index (χ2v) is 6.14. The minimum atomic E-state index is 0.447. The molecule has 0 atom stereocenters. The molecule has 0 aromatic heterocycles. The van der Waals surface area contributed by atoms with Crippen LogP contribution in [0.25, 0.3) is 11.1 Å². The maximum atomic E-state index is 8.89. The van der Waals surface area contributed by atoms with Crippen LogP contribution in [-0.2, 0) is 6.61 Å². The number of aryl methyl sites for hydroxylation is 1. The van der Waals surface area contributed by atoms with Crippen molar-refractivity contribution < 1.29 is 14.2 Å². The van der Waals surface area contributed by atoms with E-state index in [1.165, 1.54) is 0 Å². The number of nitriles is 1. The van der Waals surface area contributed by atoms with Crippen LogP contribution in [0.3, 0.4) is 0 Å². The molecule has 0 radical (unpaired) electrons. The topological polar surface area (TPSA) is 51.5 Å². The summed E-state index contributed by atoms with van der Waals surface area (Å²) in [6.07, 6.45) is 0. The lowest BCUT2D eigenvalue weighted by molar-refractivity contribution is 0.303. The Morgan fingerprint density at radius 3 is 1.93 bits per heavy atom. The second-order valence-electron chi connectivity index (χ2n) is 6.14. The van der Waals surface area contributed by atoms with E-state index in [1.54, 1.807) is 14.2 Å². The third-order valence-electron chi connectivity index (χ3n) is 4.44. The van der Waals surface area contributed by atoms with Crippen molar-refractivity contribution in [2.24, 2.45) is 0 Å². The number of rotatable bonds is 6. The third kappa shape index (κ3) is 4.21. The van der Waals surface area contributed by atoms with Crippen LogP contribution in [0.2, 0.25) is 0 Å². The van der Waals surface area contributed by atoms with E-state index in [4.69, 9.17) is 19.5 Å². The van der Waals surface area contributed by atoms with Gasteiger partial charge in [0.25, 0.3) is 0 Å². The predicted molar refractivity (Wildman–Crippen MR) is 105 cm³/mol. The summed E-state index contributed by atoms with van der Waals surface area (Å²) in [5.41, 5.74) is 4.93. The van der Waals surface area contributed by atoms with Crippen LogP contribution in [0.5, 0.6) is 17.2 Å². The van der Waals surface area contributed by atoms with E-state index in [-0.39, 0.29) is 0 Å². The average Bonchev–Trinajstić information content (AvgIpc) is 2.73. The Labute approximate surface area is 159 Å². The lowest BCUT2D eigenvalue weighted by atomic mass is 10.0. The summed E-state index contributed by atoms with van der Waals surface area (Å²) in [5.74, 6) is 2.20. The quantitative estimate of drug-likeness (QED) is 0.612. The summed E-state index contributed by atoms with van der Waals surface area (Å²) >= 11 is 0. The predicted octanol–water partition coefficient (Wildman–Crippen LogP) is 5.13. The monoisotopic (exact) mass is 359 g/mol. The van der Waals surface area contributed by atoms with Crippen molar-refractivity contribution in [2.45, 2.75) is 13.5 Å². The molecule has 3 rings (SSSR count). The normalized spacial score (nSPS) is 10.1. The van der Waals surface area contributed by atoms with Crippen LogP contribution >= 0.6 is 0 Å². The molecule has 136 valence electrons. The minimum absolute atomic E-state index is 0.447. The van der Waals surface area contributed by atoms with Crippen LogP contribution in [0.1, 0.15) is 16.7 Å². The molecule has 0 N–H and O–H groups in total. The first-order valence-electron chi connectivity index (χ1n) is 8.59. The first-order chi connectivity index (χ1) is 13.1. The molecule has 27 heavy (non-hydrogen) atoms. The highest BCUT2D eigenvalue weighted by atomic mass is 16.5. The van der Waals surface area contributed by atoms with Crippen molar-refractivity contribution in [2.75, 3.05) is 14.2 Å². The van der Waals surface area contributed by atoms with Crippen LogP contribution in [0.15, 0.2) is 60.7 Å². The number of hydrogen-bond donors (Lipinski definition) is 0. The molecule has 3 aromatic rings. The number of ether oxygens (including phenoxy) is 3. The van der Waals surface area contributed by atoms with Gasteiger partial charge in [-0.2, -0.15) is 5.26 Å². The molecule has 0 unspecified atom stereocenters. The zero-order chi connectivity index (χ0) is 19.2. The largest absolute Gasteiger partial charge is 0.493 e. The molecule has 0 saturated carbocycles. The highest BCUT2D eigenvalue weighted by molar-refractivity contribution is 5.65. The van der Waals surface area contributed by atoms with Gasteiger partial charge >= 0.3 is 0 Å². The van der Waals surface area contributed by atoms with Crippen LogP contribution in [-0.4, -0.2) is 14.2 Å². The third-order valence-corrected chi connectivity index (χ3v) is 4.44. The Kier molecular flexibility index (Phi) is 5.63. The molecule has 0 fully saturated rings. The molecule has 0 aliphatic carbocycles. The maximum Gasteiger partial charge on any atom is 0.161 e. The van der Waals surface area contributed by atoms with E-state index in [0.29, 0.717) is 23.7 Å². The summed E-state index contributed by atoms with van der Waals surface area (Å²) in [6.45, 7) is 2.47. The number of hydrogen-bond acceptors (Lipinski definition) is 4. The van der Waals surface area contributed by atoms with E-state index in [1.807, 2.05) is 67.6 Å². The molecule has 0 spiro atoms. The zero-order valence-corrected chi connectivity index (χ0v) is 15.7. The van der Waals surface area contributed by atoms with E-state index < -0.39 is 0 Å². The van der Waals surface area contributed by atoms with Gasteiger partial charge in [-0.25, -0.2) is 0 Å². The van der Waals surface area contributed by atoms with Gasteiger partial charge in [-0.05, 0) is 65.6 Å². The first kappa shape index (κ1) is 18.3. The summed E-state index contributed by atoms with van der Waals surface area (Å²) in [7, 11) is 3.25. The van der Waals surface area contributed by atoms with Gasteiger partial charge in [0.05, 0.1) is 25.9 Å². The molecular weight excluding hydrogens is 338 g/mol. The summed E-state index contributed by atoms with van der Waals surface area (Å²) in [4.78, 5) is 0. The van der Waals surface area contributed by atoms with Gasteiger partial charge in [-0.1, -0.05) is 24.3 Å². The highest BCUT2D eigenvalue weighted by Gasteiger charge is 2.09. The van der Waals surface area contributed by atoms with Gasteiger partial charge in [-0.3, -0.25) is 0 Å². The first-order valence-corrected chi connectivity index (χ1v) is 8.59. The van der Waals surface area contributed by atoms with Gasteiger partial charge in [-0.15, -0.1) is 0 Å². The Bertz CT molecular complexity index is 955. The van der Waals surface area contributed by atoms with E-state index >= 15 is 0 Å². The molecule has 0 amide bonds. The number of methoxy groups -OCH3 is 2. The molecule has 3 aromatic carbocycles. The van der Waals surface area contributed by atoms with Crippen LogP contribution < -0.4 is 14.2 Å². The van der Waals surface area contributed by atoms with Crippen molar-refractivity contribution in [1.29, 1.82) is 5.26 Å². The van der Waals surface area contributed by atoms with Crippen molar-refractivity contribution in [3.05, 3.63) is 77.4 Å². The lowest BCUT2D eigenvalue weighted by Crippen LogP contribution is -2.00. The fourth-order valence-electron chi connectivity index (χ4n) is 2.82. The number of benzene rings is 3. The van der Waals surface area contributed by atoms with Crippen LogP contribution in [0, 0.1) is 18.3 Å². The summed E-state index contributed by atoms with van der Waals surface area (Å²) < 4.78 is 16.6. The highest BCUT2D eigenvalue weighted by Crippen LogP contribution is 2.31. The Balaban J connectivity index is 1.71. The Morgan fingerprint density at radius 2 is 1.37 bits per heavy atom. The molecular formula is C23H21NO3. The smallest absolute Gasteiger partial charge is 0.161 e. The summed E-state index contributed by atoms with van der Waals surface area (Å²) in [6, 6.07) is 21.5. The maximum absolute atomic E-state index is 8.89.